The van der Waals surface area contributed by atoms with Crippen LogP contribution in [0.1, 0.15) is 19.4 Å². The van der Waals surface area contributed by atoms with Crippen molar-refractivity contribution in [2.45, 2.75) is 20.3 Å². The molecule has 0 saturated carbocycles. The number of sulfonamides is 1. The van der Waals surface area contributed by atoms with Crippen molar-refractivity contribution in [3.05, 3.63) is 29.8 Å². The van der Waals surface area contributed by atoms with Crippen LogP contribution in [-0.2, 0) is 16.4 Å². The van der Waals surface area contributed by atoms with E-state index >= 15 is 0 Å². The van der Waals surface area contributed by atoms with Crippen LogP contribution in [-0.4, -0.2) is 20.7 Å². The van der Waals surface area contributed by atoms with Gasteiger partial charge in [-0.2, -0.15) is 0 Å². The van der Waals surface area contributed by atoms with Crippen molar-refractivity contribution in [1.29, 1.82) is 0 Å². The maximum atomic E-state index is 11.6. The van der Waals surface area contributed by atoms with Crippen LogP contribution in [0.5, 0.6) is 0 Å². The number of nitrogen functional groups attached to an aromatic ring is 1. The first-order chi connectivity index (χ1) is 7.89. The third kappa shape index (κ3) is 5.70. The molecule has 1 aromatic carbocycles. The highest BCUT2D eigenvalue weighted by molar-refractivity contribution is 7.89. The fourth-order valence-electron chi connectivity index (χ4n) is 1.53. The van der Waals surface area contributed by atoms with Crippen molar-refractivity contribution >= 4 is 15.7 Å². The first kappa shape index (κ1) is 14.0. The lowest BCUT2D eigenvalue weighted by molar-refractivity contribution is 0.568. The highest BCUT2D eigenvalue weighted by atomic mass is 32.2. The number of hydrogen-bond acceptors (Lipinski definition) is 3. The van der Waals surface area contributed by atoms with Gasteiger partial charge in [-0.15, -0.1) is 0 Å². The second kappa shape index (κ2) is 6.02. The van der Waals surface area contributed by atoms with Crippen molar-refractivity contribution < 1.29 is 8.42 Å². The fourth-order valence-corrected chi connectivity index (χ4v) is 2.94. The van der Waals surface area contributed by atoms with Gasteiger partial charge in [0, 0.05) is 12.2 Å². The van der Waals surface area contributed by atoms with Gasteiger partial charge < -0.3 is 5.73 Å². The minimum absolute atomic E-state index is 0.143. The summed E-state index contributed by atoms with van der Waals surface area (Å²) in [6.45, 7) is 4.21. The predicted octanol–water partition coefficient (Wildman–Crippen LogP) is 1.39. The topological polar surface area (TPSA) is 72.2 Å². The summed E-state index contributed by atoms with van der Waals surface area (Å²) in [6.07, 6.45) is 0.678. The Hall–Kier alpha value is -1.07. The average Bonchev–Trinajstić information content (AvgIpc) is 2.18. The van der Waals surface area contributed by atoms with Gasteiger partial charge in [-0.1, -0.05) is 26.0 Å². The van der Waals surface area contributed by atoms with E-state index in [0.717, 1.165) is 5.56 Å². The van der Waals surface area contributed by atoms with Crippen LogP contribution < -0.4 is 10.5 Å². The van der Waals surface area contributed by atoms with Crippen molar-refractivity contribution in [3.8, 4) is 0 Å². The molecular weight excluding hydrogens is 236 g/mol. The molecule has 1 aromatic rings. The first-order valence-electron chi connectivity index (χ1n) is 5.71. The molecular formula is C12H20N2O2S. The van der Waals surface area contributed by atoms with E-state index in [1.807, 2.05) is 38.1 Å². The van der Waals surface area contributed by atoms with E-state index in [1.165, 1.54) is 0 Å². The molecule has 0 atom stereocenters. The SMILES string of the molecule is CC(C)CS(=O)(=O)NCCc1ccc(N)cc1. The summed E-state index contributed by atoms with van der Waals surface area (Å²) in [7, 11) is -3.13. The van der Waals surface area contributed by atoms with Crippen LogP contribution in [0.4, 0.5) is 5.69 Å². The van der Waals surface area contributed by atoms with Crippen LogP contribution in [0.2, 0.25) is 0 Å². The lowest BCUT2D eigenvalue weighted by atomic mass is 10.1. The van der Waals surface area contributed by atoms with Crippen LogP contribution in [0.3, 0.4) is 0 Å². The van der Waals surface area contributed by atoms with Crippen molar-refractivity contribution in [2.75, 3.05) is 18.0 Å². The van der Waals surface area contributed by atoms with Gasteiger partial charge >= 0.3 is 0 Å². The number of rotatable bonds is 6. The Morgan fingerprint density at radius 3 is 2.35 bits per heavy atom. The molecule has 0 spiro atoms. The van der Waals surface area contributed by atoms with Crippen molar-refractivity contribution in [1.82, 2.24) is 4.72 Å². The molecule has 1 rings (SSSR count). The molecule has 3 N–H and O–H groups in total. The second-order valence-electron chi connectivity index (χ2n) is 4.56. The largest absolute Gasteiger partial charge is 0.399 e. The van der Waals surface area contributed by atoms with Crippen molar-refractivity contribution in [2.24, 2.45) is 5.92 Å². The van der Waals surface area contributed by atoms with Gasteiger partial charge in [0.1, 0.15) is 0 Å². The third-order valence-corrected chi connectivity index (χ3v) is 4.02. The summed E-state index contributed by atoms with van der Waals surface area (Å²) in [6, 6.07) is 7.45. The molecule has 0 aromatic heterocycles. The standard InChI is InChI=1S/C12H20N2O2S/c1-10(2)9-17(15,16)14-8-7-11-3-5-12(13)6-4-11/h3-6,10,14H,7-9,13H2,1-2H3. The monoisotopic (exact) mass is 256 g/mol. The van der Waals surface area contributed by atoms with Gasteiger partial charge in [0.15, 0.2) is 0 Å². The molecule has 4 nitrogen and oxygen atoms in total. The Kier molecular flexibility index (Phi) is 4.96. The molecule has 0 fully saturated rings. The van der Waals surface area contributed by atoms with E-state index < -0.39 is 10.0 Å². The van der Waals surface area contributed by atoms with Crippen LogP contribution in [0.15, 0.2) is 24.3 Å². The van der Waals surface area contributed by atoms with E-state index in [1.54, 1.807) is 0 Å². The van der Waals surface area contributed by atoms with Crippen LogP contribution in [0, 0.1) is 5.92 Å². The van der Waals surface area contributed by atoms with Gasteiger partial charge in [0.2, 0.25) is 10.0 Å². The van der Waals surface area contributed by atoms with Gasteiger partial charge in [-0.3, -0.25) is 0 Å². The molecule has 0 heterocycles. The number of nitrogens with two attached hydrogens (primary N) is 1. The Morgan fingerprint density at radius 2 is 1.82 bits per heavy atom. The van der Waals surface area contributed by atoms with E-state index in [9.17, 15) is 8.42 Å². The lowest BCUT2D eigenvalue weighted by Gasteiger charge is -2.08. The molecule has 0 aliphatic rings. The molecule has 0 aliphatic heterocycles. The molecule has 0 bridgehead atoms. The highest BCUT2D eigenvalue weighted by Crippen LogP contribution is 2.06. The maximum Gasteiger partial charge on any atom is 0.211 e. The Balaban J connectivity index is 2.40. The van der Waals surface area contributed by atoms with Crippen LogP contribution in [0.25, 0.3) is 0 Å². The Morgan fingerprint density at radius 1 is 1.24 bits per heavy atom. The normalized spacial score (nSPS) is 11.9. The quantitative estimate of drug-likeness (QED) is 0.755. The molecule has 0 amide bonds. The van der Waals surface area contributed by atoms with Gasteiger partial charge in [0.25, 0.3) is 0 Å². The average molecular weight is 256 g/mol. The van der Waals surface area contributed by atoms with Gasteiger partial charge in [-0.25, -0.2) is 13.1 Å². The van der Waals surface area contributed by atoms with E-state index in [2.05, 4.69) is 4.72 Å². The maximum absolute atomic E-state index is 11.6. The Labute approximate surface area is 103 Å². The molecule has 0 radical (unpaired) electrons. The summed E-state index contributed by atoms with van der Waals surface area (Å²) in [5.74, 6) is 0.318. The highest BCUT2D eigenvalue weighted by Gasteiger charge is 2.11. The zero-order valence-electron chi connectivity index (χ0n) is 10.3. The minimum Gasteiger partial charge on any atom is -0.399 e. The fraction of sp³-hybridized carbons (Fsp3) is 0.500. The number of anilines is 1. The molecule has 0 aliphatic carbocycles. The summed E-state index contributed by atoms with van der Waals surface area (Å²) in [5.41, 5.74) is 7.36. The summed E-state index contributed by atoms with van der Waals surface area (Å²) in [4.78, 5) is 0. The lowest BCUT2D eigenvalue weighted by Crippen LogP contribution is -2.30. The predicted molar refractivity (Wildman–Crippen MR) is 71.2 cm³/mol. The number of nitrogens with one attached hydrogen (secondary N) is 1. The zero-order chi connectivity index (χ0) is 12.9. The van der Waals surface area contributed by atoms with Gasteiger partial charge in [-0.05, 0) is 30.0 Å². The second-order valence-corrected chi connectivity index (χ2v) is 6.41. The van der Waals surface area contributed by atoms with E-state index in [-0.39, 0.29) is 11.7 Å². The summed E-state index contributed by atoms with van der Waals surface area (Å²) >= 11 is 0. The van der Waals surface area contributed by atoms with Crippen molar-refractivity contribution in [3.63, 3.8) is 0 Å². The summed E-state index contributed by atoms with van der Waals surface area (Å²) in [5, 5.41) is 0. The van der Waals surface area contributed by atoms with E-state index in [0.29, 0.717) is 18.7 Å². The first-order valence-corrected chi connectivity index (χ1v) is 7.36. The van der Waals surface area contributed by atoms with Gasteiger partial charge in [0.05, 0.1) is 5.75 Å². The van der Waals surface area contributed by atoms with Crippen LogP contribution >= 0.6 is 0 Å². The summed E-state index contributed by atoms with van der Waals surface area (Å²) < 4.78 is 25.7. The molecule has 0 unspecified atom stereocenters. The Bertz CT molecular complexity index is 438. The zero-order valence-corrected chi connectivity index (χ0v) is 11.1. The minimum atomic E-state index is -3.13. The third-order valence-electron chi connectivity index (χ3n) is 2.27. The molecule has 17 heavy (non-hydrogen) atoms. The smallest absolute Gasteiger partial charge is 0.211 e. The number of benzene rings is 1. The molecule has 5 heteroatoms. The number of hydrogen-bond donors (Lipinski definition) is 2. The van der Waals surface area contributed by atoms with E-state index in [4.69, 9.17) is 5.73 Å². The molecule has 0 saturated heterocycles. The molecule has 96 valence electrons.